The van der Waals surface area contributed by atoms with Gasteiger partial charge in [0.15, 0.2) is 0 Å². The standard InChI is InChI=1S/C17H29N3/c1-2-20(15-17-8-10-18-11-9-17)13-12-19-14-16-6-4-3-5-7-16/h8-11,16,19H,2-7,12-15H2,1H3. The molecule has 112 valence electrons. The third kappa shape index (κ3) is 5.59. The molecule has 1 N–H and O–H groups in total. The number of hydrogen-bond donors (Lipinski definition) is 1. The van der Waals surface area contributed by atoms with Crippen molar-refractivity contribution in [1.29, 1.82) is 0 Å². The molecule has 0 aromatic carbocycles. The zero-order valence-corrected chi connectivity index (χ0v) is 12.9. The summed E-state index contributed by atoms with van der Waals surface area (Å²) in [6.45, 7) is 7.83. The van der Waals surface area contributed by atoms with Crippen molar-refractivity contribution in [2.75, 3.05) is 26.2 Å². The highest BCUT2D eigenvalue weighted by atomic mass is 15.1. The van der Waals surface area contributed by atoms with E-state index in [1.165, 1.54) is 44.2 Å². The van der Waals surface area contributed by atoms with Crippen molar-refractivity contribution in [2.24, 2.45) is 5.92 Å². The monoisotopic (exact) mass is 275 g/mol. The summed E-state index contributed by atoms with van der Waals surface area (Å²) in [6, 6.07) is 4.22. The molecule has 1 aliphatic carbocycles. The zero-order chi connectivity index (χ0) is 14.0. The number of nitrogens with zero attached hydrogens (tertiary/aromatic N) is 2. The number of nitrogens with one attached hydrogen (secondary N) is 1. The summed E-state index contributed by atoms with van der Waals surface area (Å²) < 4.78 is 0. The van der Waals surface area contributed by atoms with Crippen LogP contribution in [-0.2, 0) is 6.54 Å². The Kier molecular flexibility index (Phi) is 7.02. The number of pyridine rings is 1. The first-order chi connectivity index (χ1) is 9.88. The van der Waals surface area contributed by atoms with Crippen molar-refractivity contribution >= 4 is 0 Å². The van der Waals surface area contributed by atoms with Crippen molar-refractivity contribution < 1.29 is 0 Å². The van der Waals surface area contributed by atoms with Crippen LogP contribution >= 0.6 is 0 Å². The molecule has 0 amide bonds. The van der Waals surface area contributed by atoms with E-state index in [2.05, 4.69) is 34.3 Å². The molecule has 2 rings (SSSR count). The molecule has 1 fully saturated rings. The minimum atomic E-state index is 0.930. The van der Waals surface area contributed by atoms with Gasteiger partial charge in [-0.3, -0.25) is 9.88 Å². The number of likely N-dealkylation sites (N-methyl/N-ethyl adjacent to an activating group) is 1. The molecule has 1 aliphatic rings. The summed E-state index contributed by atoms with van der Waals surface area (Å²) in [5.74, 6) is 0.930. The zero-order valence-electron chi connectivity index (χ0n) is 12.9. The average Bonchev–Trinajstić information content (AvgIpc) is 2.52. The van der Waals surface area contributed by atoms with E-state index in [4.69, 9.17) is 0 Å². The van der Waals surface area contributed by atoms with E-state index in [0.717, 1.165) is 32.1 Å². The first-order valence-electron chi connectivity index (χ1n) is 8.20. The second-order valence-electron chi connectivity index (χ2n) is 5.93. The highest BCUT2D eigenvalue weighted by Crippen LogP contribution is 2.22. The first-order valence-corrected chi connectivity index (χ1v) is 8.20. The van der Waals surface area contributed by atoms with Gasteiger partial charge in [0, 0.05) is 32.0 Å². The van der Waals surface area contributed by atoms with Gasteiger partial charge < -0.3 is 5.32 Å². The highest BCUT2D eigenvalue weighted by molar-refractivity contribution is 5.09. The molecular weight excluding hydrogens is 246 g/mol. The molecule has 3 heteroatoms. The normalized spacial score (nSPS) is 16.7. The van der Waals surface area contributed by atoms with Crippen LogP contribution in [-0.4, -0.2) is 36.1 Å². The second-order valence-corrected chi connectivity index (χ2v) is 5.93. The Morgan fingerprint density at radius 2 is 1.95 bits per heavy atom. The lowest BCUT2D eigenvalue weighted by Crippen LogP contribution is -2.34. The van der Waals surface area contributed by atoms with E-state index in [-0.39, 0.29) is 0 Å². The number of aromatic nitrogens is 1. The lowest BCUT2D eigenvalue weighted by molar-refractivity contribution is 0.270. The molecule has 1 saturated carbocycles. The van der Waals surface area contributed by atoms with Gasteiger partial charge in [-0.2, -0.15) is 0 Å². The summed E-state index contributed by atoms with van der Waals surface area (Å²) >= 11 is 0. The van der Waals surface area contributed by atoms with Gasteiger partial charge in [0.1, 0.15) is 0 Å². The molecule has 0 saturated heterocycles. The first kappa shape index (κ1) is 15.5. The SMILES string of the molecule is CCN(CCNCC1CCCCC1)Cc1ccncc1. The van der Waals surface area contributed by atoms with Crippen molar-refractivity contribution in [3.63, 3.8) is 0 Å². The van der Waals surface area contributed by atoms with Gasteiger partial charge in [-0.1, -0.05) is 26.2 Å². The number of hydrogen-bond acceptors (Lipinski definition) is 3. The van der Waals surface area contributed by atoms with Crippen LogP contribution < -0.4 is 5.32 Å². The average molecular weight is 275 g/mol. The molecular formula is C17H29N3. The molecule has 0 aliphatic heterocycles. The molecule has 0 spiro atoms. The van der Waals surface area contributed by atoms with Crippen molar-refractivity contribution in [1.82, 2.24) is 15.2 Å². The molecule has 0 bridgehead atoms. The summed E-state index contributed by atoms with van der Waals surface area (Å²) in [7, 11) is 0. The molecule has 1 aromatic heterocycles. The summed E-state index contributed by atoms with van der Waals surface area (Å²) in [6.07, 6.45) is 11.0. The maximum Gasteiger partial charge on any atom is 0.0271 e. The van der Waals surface area contributed by atoms with E-state index in [0.29, 0.717) is 0 Å². The molecule has 1 aromatic rings. The van der Waals surface area contributed by atoms with Crippen LogP contribution in [0.5, 0.6) is 0 Å². The van der Waals surface area contributed by atoms with Crippen LogP contribution in [0, 0.1) is 5.92 Å². The molecule has 0 atom stereocenters. The van der Waals surface area contributed by atoms with Crippen LogP contribution in [0.15, 0.2) is 24.5 Å². The fourth-order valence-corrected chi connectivity index (χ4v) is 3.03. The Hall–Kier alpha value is -0.930. The summed E-state index contributed by atoms with van der Waals surface area (Å²) in [5.41, 5.74) is 1.36. The maximum atomic E-state index is 4.07. The largest absolute Gasteiger partial charge is 0.315 e. The maximum absolute atomic E-state index is 4.07. The van der Waals surface area contributed by atoms with E-state index in [9.17, 15) is 0 Å². The second kappa shape index (κ2) is 9.09. The molecule has 0 unspecified atom stereocenters. The third-order valence-electron chi connectivity index (χ3n) is 4.37. The molecule has 3 nitrogen and oxygen atoms in total. The molecule has 0 radical (unpaired) electrons. The lowest BCUT2D eigenvalue weighted by atomic mass is 9.89. The Morgan fingerprint density at radius 3 is 2.65 bits per heavy atom. The Bertz CT molecular complexity index is 347. The van der Waals surface area contributed by atoms with Gasteiger partial charge in [-0.25, -0.2) is 0 Å². The van der Waals surface area contributed by atoms with E-state index >= 15 is 0 Å². The van der Waals surface area contributed by atoms with Gasteiger partial charge in [-0.05, 0) is 49.5 Å². The Morgan fingerprint density at radius 1 is 1.20 bits per heavy atom. The summed E-state index contributed by atoms with van der Waals surface area (Å²) in [4.78, 5) is 6.56. The summed E-state index contributed by atoms with van der Waals surface area (Å²) in [5, 5.41) is 3.65. The Balaban J connectivity index is 1.61. The third-order valence-corrected chi connectivity index (χ3v) is 4.37. The van der Waals surface area contributed by atoms with E-state index in [1.54, 1.807) is 0 Å². The van der Waals surface area contributed by atoms with Gasteiger partial charge >= 0.3 is 0 Å². The predicted octanol–water partition coefficient (Wildman–Crippen LogP) is 3.07. The predicted molar refractivity (Wildman–Crippen MR) is 84.6 cm³/mol. The van der Waals surface area contributed by atoms with Gasteiger partial charge in [0.25, 0.3) is 0 Å². The van der Waals surface area contributed by atoms with Gasteiger partial charge in [0.05, 0.1) is 0 Å². The smallest absolute Gasteiger partial charge is 0.0271 e. The quantitative estimate of drug-likeness (QED) is 0.739. The number of rotatable bonds is 8. The van der Waals surface area contributed by atoms with Crippen molar-refractivity contribution in [2.45, 2.75) is 45.6 Å². The Labute approximate surface area is 123 Å². The van der Waals surface area contributed by atoms with Crippen LogP contribution in [0.4, 0.5) is 0 Å². The van der Waals surface area contributed by atoms with Gasteiger partial charge in [0.2, 0.25) is 0 Å². The fourth-order valence-electron chi connectivity index (χ4n) is 3.03. The minimum absolute atomic E-state index is 0.930. The van der Waals surface area contributed by atoms with Crippen LogP contribution in [0.25, 0.3) is 0 Å². The van der Waals surface area contributed by atoms with E-state index < -0.39 is 0 Å². The highest BCUT2D eigenvalue weighted by Gasteiger charge is 2.12. The lowest BCUT2D eigenvalue weighted by Gasteiger charge is -2.24. The molecule has 20 heavy (non-hydrogen) atoms. The van der Waals surface area contributed by atoms with Gasteiger partial charge in [-0.15, -0.1) is 0 Å². The minimum Gasteiger partial charge on any atom is -0.315 e. The molecule has 1 heterocycles. The van der Waals surface area contributed by atoms with Crippen molar-refractivity contribution in [3.8, 4) is 0 Å². The van der Waals surface area contributed by atoms with Crippen LogP contribution in [0.2, 0.25) is 0 Å². The fraction of sp³-hybridized carbons (Fsp3) is 0.706. The topological polar surface area (TPSA) is 28.2 Å². The van der Waals surface area contributed by atoms with Crippen molar-refractivity contribution in [3.05, 3.63) is 30.1 Å². The van der Waals surface area contributed by atoms with E-state index in [1.807, 2.05) is 12.4 Å². The van der Waals surface area contributed by atoms with Crippen LogP contribution in [0.1, 0.15) is 44.6 Å². The van der Waals surface area contributed by atoms with Crippen LogP contribution in [0.3, 0.4) is 0 Å².